The van der Waals surface area contributed by atoms with Crippen molar-refractivity contribution < 1.29 is 4.39 Å². The third-order valence-corrected chi connectivity index (χ3v) is 5.79. The van der Waals surface area contributed by atoms with Crippen LogP contribution in [-0.4, -0.2) is 6.04 Å². The molecule has 19 heavy (non-hydrogen) atoms. The average Bonchev–Trinajstić information content (AvgIpc) is 2.83. The van der Waals surface area contributed by atoms with E-state index in [1.54, 1.807) is 17.4 Å². The molecule has 1 aromatic heterocycles. The third-order valence-electron chi connectivity index (χ3n) is 3.11. The highest BCUT2D eigenvalue weighted by molar-refractivity contribution is 7.99. The van der Waals surface area contributed by atoms with Gasteiger partial charge in [-0.3, -0.25) is 0 Å². The van der Waals surface area contributed by atoms with Gasteiger partial charge in [0.1, 0.15) is 5.82 Å². The van der Waals surface area contributed by atoms with Gasteiger partial charge in [0.2, 0.25) is 0 Å². The van der Waals surface area contributed by atoms with Crippen LogP contribution in [0.1, 0.15) is 29.0 Å². The lowest BCUT2D eigenvalue weighted by molar-refractivity contribution is 0.598. The van der Waals surface area contributed by atoms with Crippen LogP contribution in [0.2, 0.25) is 0 Å². The van der Waals surface area contributed by atoms with Crippen LogP contribution in [-0.2, 0) is 0 Å². The first-order chi connectivity index (χ1) is 9.13. The first-order valence-corrected chi connectivity index (χ1v) is 8.10. The van der Waals surface area contributed by atoms with E-state index in [0.717, 1.165) is 6.42 Å². The fraction of sp³-hybridized carbons (Fsp3) is 0.333. The number of thioether (sulfide) groups is 1. The van der Waals surface area contributed by atoms with Crippen LogP contribution in [0.4, 0.5) is 4.39 Å². The molecule has 4 heteroatoms. The molecule has 0 bridgehead atoms. The molecule has 2 aromatic rings. The van der Waals surface area contributed by atoms with Crippen molar-refractivity contribution in [2.24, 2.45) is 5.73 Å². The maximum atomic E-state index is 13.8. The van der Waals surface area contributed by atoms with E-state index in [4.69, 9.17) is 5.73 Å². The molecule has 2 atom stereocenters. The van der Waals surface area contributed by atoms with Gasteiger partial charge < -0.3 is 5.73 Å². The lowest BCUT2D eigenvalue weighted by atomic mass is 10.1. The van der Waals surface area contributed by atoms with Gasteiger partial charge >= 0.3 is 0 Å². The summed E-state index contributed by atoms with van der Waals surface area (Å²) < 4.78 is 13.8. The Balaban J connectivity index is 2.30. The maximum absolute atomic E-state index is 13.8. The Morgan fingerprint density at radius 1 is 1.32 bits per heavy atom. The number of hydrogen-bond donors (Lipinski definition) is 1. The van der Waals surface area contributed by atoms with Crippen LogP contribution in [0.25, 0.3) is 0 Å². The first kappa shape index (κ1) is 14.6. The van der Waals surface area contributed by atoms with Gasteiger partial charge in [0.05, 0.1) is 5.25 Å². The topological polar surface area (TPSA) is 26.0 Å². The molecule has 0 saturated heterocycles. The van der Waals surface area contributed by atoms with Crippen LogP contribution in [0.5, 0.6) is 0 Å². The van der Waals surface area contributed by atoms with Crippen molar-refractivity contribution in [1.29, 1.82) is 0 Å². The van der Waals surface area contributed by atoms with E-state index in [0.29, 0.717) is 4.90 Å². The molecule has 2 rings (SSSR count). The van der Waals surface area contributed by atoms with Crippen LogP contribution >= 0.6 is 23.1 Å². The second-order valence-electron chi connectivity index (χ2n) is 4.51. The quantitative estimate of drug-likeness (QED) is 0.804. The summed E-state index contributed by atoms with van der Waals surface area (Å²) in [6, 6.07) is 9.02. The predicted octanol–water partition coefficient (Wildman–Crippen LogP) is 4.77. The van der Waals surface area contributed by atoms with Crippen molar-refractivity contribution >= 4 is 23.1 Å². The van der Waals surface area contributed by atoms with Gasteiger partial charge in [-0.25, -0.2) is 4.39 Å². The summed E-state index contributed by atoms with van der Waals surface area (Å²) in [7, 11) is 0. The molecule has 0 saturated carbocycles. The molecule has 0 fully saturated rings. The number of thiophene rings is 1. The smallest absolute Gasteiger partial charge is 0.136 e. The molecule has 1 heterocycles. The van der Waals surface area contributed by atoms with E-state index in [1.807, 2.05) is 12.1 Å². The van der Waals surface area contributed by atoms with E-state index < -0.39 is 0 Å². The molecule has 0 radical (unpaired) electrons. The van der Waals surface area contributed by atoms with Crippen LogP contribution in [0.3, 0.4) is 0 Å². The van der Waals surface area contributed by atoms with E-state index in [9.17, 15) is 4.39 Å². The Kier molecular flexibility index (Phi) is 5.02. The Bertz CT molecular complexity index is 538. The van der Waals surface area contributed by atoms with Gasteiger partial charge in [-0.2, -0.15) is 0 Å². The Morgan fingerprint density at radius 2 is 2.05 bits per heavy atom. The van der Waals surface area contributed by atoms with Crippen molar-refractivity contribution in [1.82, 2.24) is 0 Å². The minimum absolute atomic E-state index is 0.0296. The van der Waals surface area contributed by atoms with Gasteiger partial charge in [-0.05, 0) is 42.5 Å². The molecule has 0 aliphatic heterocycles. The van der Waals surface area contributed by atoms with Gasteiger partial charge in [-0.1, -0.05) is 19.1 Å². The zero-order chi connectivity index (χ0) is 13.8. The summed E-state index contributed by atoms with van der Waals surface area (Å²) in [5.74, 6) is -0.171. The number of aryl methyl sites for hydroxylation is 1. The highest BCUT2D eigenvalue weighted by atomic mass is 32.2. The molecular weight excluding hydrogens is 277 g/mol. The summed E-state index contributed by atoms with van der Waals surface area (Å²) in [5.41, 5.74) is 7.48. The van der Waals surface area contributed by atoms with Crippen molar-refractivity contribution in [2.45, 2.75) is 36.5 Å². The fourth-order valence-corrected chi connectivity index (χ4v) is 4.47. The summed E-state index contributed by atoms with van der Waals surface area (Å²) >= 11 is 3.23. The zero-order valence-electron chi connectivity index (χ0n) is 11.1. The minimum atomic E-state index is -0.171. The summed E-state index contributed by atoms with van der Waals surface area (Å²) in [6.45, 7) is 4.16. The van der Waals surface area contributed by atoms with E-state index in [1.165, 1.54) is 28.3 Å². The SMILES string of the molecule is CCC(N)C(Sc1ccccc1F)c1sccc1C. The fourth-order valence-electron chi connectivity index (χ4n) is 1.90. The normalized spacial score (nSPS) is 14.3. The van der Waals surface area contributed by atoms with Crippen LogP contribution in [0, 0.1) is 12.7 Å². The third kappa shape index (κ3) is 3.38. The van der Waals surface area contributed by atoms with Gasteiger partial charge in [0, 0.05) is 15.8 Å². The largest absolute Gasteiger partial charge is 0.326 e. The van der Waals surface area contributed by atoms with Crippen molar-refractivity contribution in [3.05, 3.63) is 52.0 Å². The minimum Gasteiger partial charge on any atom is -0.326 e. The van der Waals surface area contributed by atoms with Crippen molar-refractivity contribution in [3.63, 3.8) is 0 Å². The number of halogens is 1. The molecule has 2 N–H and O–H groups in total. The number of rotatable bonds is 5. The summed E-state index contributed by atoms with van der Waals surface area (Å²) in [4.78, 5) is 1.92. The Morgan fingerprint density at radius 3 is 2.63 bits per heavy atom. The molecule has 1 nitrogen and oxygen atoms in total. The number of nitrogens with two attached hydrogens (primary N) is 1. The molecule has 0 aliphatic rings. The van der Waals surface area contributed by atoms with E-state index in [2.05, 4.69) is 25.3 Å². The molecule has 102 valence electrons. The monoisotopic (exact) mass is 295 g/mol. The molecule has 0 amide bonds. The number of hydrogen-bond acceptors (Lipinski definition) is 3. The van der Waals surface area contributed by atoms with Crippen molar-refractivity contribution in [3.8, 4) is 0 Å². The first-order valence-electron chi connectivity index (χ1n) is 6.34. The van der Waals surface area contributed by atoms with E-state index >= 15 is 0 Å². The van der Waals surface area contributed by atoms with Crippen LogP contribution in [0.15, 0.2) is 40.6 Å². The molecular formula is C15H18FNS2. The van der Waals surface area contributed by atoms with Gasteiger partial charge in [0.25, 0.3) is 0 Å². The van der Waals surface area contributed by atoms with Gasteiger partial charge in [0.15, 0.2) is 0 Å². The highest BCUT2D eigenvalue weighted by Crippen LogP contribution is 2.42. The molecule has 2 unspecified atom stereocenters. The van der Waals surface area contributed by atoms with Gasteiger partial charge in [-0.15, -0.1) is 23.1 Å². The second-order valence-corrected chi connectivity index (χ2v) is 6.64. The molecule has 1 aromatic carbocycles. The maximum Gasteiger partial charge on any atom is 0.136 e. The summed E-state index contributed by atoms with van der Waals surface area (Å²) in [5, 5.41) is 2.18. The predicted molar refractivity (Wildman–Crippen MR) is 82.3 cm³/mol. The molecule has 0 aliphatic carbocycles. The zero-order valence-corrected chi connectivity index (χ0v) is 12.7. The number of benzene rings is 1. The highest BCUT2D eigenvalue weighted by Gasteiger charge is 2.23. The standard InChI is InChI=1S/C15H18FNS2/c1-3-12(17)15(14-10(2)8-9-18-14)19-13-7-5-4-6-11(13)16/h4-9,12,15H,3,17H2,1-2H3. The Labute approximate surface area is 122 Å². The lowest BCUT2D eigenvalue weighted by Gasteiger charge is -2.22. The lowest BCUT2D eigenvalue weighted by Crippen LogP contribution is -2.25. The molecule has 0 spiro atoms. The second kappa shape index (κ2) is 6.55. The summed E-state index contributed by atoms with van der Waals surface area (Å²) in [6.07, 6.45) is 0.878. The van der Waals surface area contributed by atoms with Crippen LogP contribution < -0.4 is 5.73 Å². The Hall–Kier alpha value is -0.840. The van der Waals surface area contributed by atoms with E-state index in [-0.39, 0.29) is 17.1 Å². The van der Waals surface area contributed by atoms with Crippen molar-refractivity contribution in [2.75, 3.05) is 0 Å². The average molecular weight is 295 g/mol.